The summed E-state index contributed by atoms with van der Waals surface area (Å²) in [7, 11) is 1.45. The van der Waals surface area contributed by atoms with Gasteiger partial charge in [-0.25, -0.2) is 4.39 Å². The number of carbonyl (C=O) groups excluding carboxylic acids is 1. The first kappa shape index (κ1) is 18.7. The molecule has 146 valence electrons. The van der Waals surface area contributed by atoms with E-state index in [-0.39, 0.29) is 17.8 Å². The fourth-order valence-electron chi connectivity index (χ4n) is 2.78. The van der Waals surface area contributed by atoms with Crippen molar-refractivity contribution in [2.24, 2.45) is 5.73 Å². The van der Waals surface area contributed by atoms with Crippen LogP contribution in [-0.2, 0) is 6.54 Å². The highest BCUT2D eigenvalue weighted by Gasteiger charge is 2.18. The van der Waals surface area contributed by atoms with Gasteiger partial charge in [0, 0.05) is 11.9 Å². The summed E-state index contributed by atoms with van der Waals surface area (Å²) in [5, 5.41) is 3.75. The number of hydrogen-bond donors (Lipinski definition) is 2. The molecule has 0 saturated heterocycles. The van der Waals surface area contributed by atoms with Crippen molar-refractivity contribution in [1.82, 2.24) is 19.3 Å². The number of primary amides is 1. The monoisotopic (exact) mass is 410 g/mol. The van der Waals surface area contributed by atoms with Crippen LogP contribution in [0.15, 0.2) is 42.5 Å². The van der Waals surface area contributed by atoms with Gasteiger partial charge in [-0.1, -0.05) is 24.3 Å². The number of nitrogens with one attached hydrogen (secondary N) is 1. The number of fused-ring (bicyclic) bond motifs is 1. The van der Waals surface area contributed by atoms with Gasteiger partial charge in [-0.2, -0.15) is 19.3 Å². The van der Waals surface area contributed by atoms with Crippen LogP contribution in [0.2, 0.25) is 0 Å². The third-order valence-electron chi connectivity index (χ3n) is 4.11. The number of anilines is 1. The number of amides is 1. The van der Waals surface area contributed by atoms with E-state index >= 15 is 0 Å². The van der Waals surface area contributed by atoms with Crippen LogP contribution in [0.5, 0.6) is 6.01 Å². The van der Waals surface area contributed by atoms with Crippen molar-refractivity contribution in [3.8, 4) is 16.7 Å². The number of methoxy groups -OCH3 is 1. The van der Waals surface area contributed by atoms with Crippen LogP contribution in [0.25, 0.3) is 21.6 Å². The molecule has 4 rings (SSSR count). The van der Waals surface area contributed by atoms with E-state index in [1.165, 1.54) is 19.2 Å². The quantitative estimate of drug-likeness (QED) is 0.502. The molecular formula is C19H15FN6O2S. The molecule has 0 spiro atoms. The summed E-state index contributed by atoms with van der Waals surface area (Å²) in [4.78, 5) is 25.2. The number of carbonyl (C=O) groups is 1. The topological polar surface area (TPSA) is 116 Å². The lowest BCUT2D eigenvalue weighted by Crippen LogP contribution is -2.11. The van der Waals surface area contributed by atoms with Crippen LogP contribution in [0, 0.1) is 5.82 Å². The fourth-order valence-corrected chi connectivity index (χ4v) is 3.60. The van der Waals surface area contributed by atoms with Crippen LogP contribution in [0.4, 0.5) is 10.3 Å². The maximum atomic E-state index is 13.4. The van der Waals surface area contributed by atoms with Crippen LogP contribution in [0.1, 0.15) is 15.9 Å². The maximum Gasteiger partial charge on any atom is 0.321 e. The summed E-state index contributed by atoms with van der Waals surface area (Å²) < 4.78 is 22.9. The number of nitrogens with zero attached hydrogens (tertiary/aromatic N) is 4. The predicted molar refractivity (Wildman–Crippen MR) is 107 cm³/mol. The Morgan fingerprint density at radius 3 is 2.79 bits per heavy atom. The van der Waals surface area contributed by atoms with Crippen molar-refractivity contribution in [2.75, 3.05) is 12.4 Å². The van der Waals surface area contributed by atoms with Gasteiger partial charge < -0.3 is 15.8 Å². The van der Waals surface area contributed by atoms with Gasteiger partial charge >= 0.3 is 6.01 Å². The van der Waals surface area contributed by atoms with E-state index in [2.05, 4.69) is 24.6 Å². The summed E-state index contributed by atoms with van der Waals surface area (Å²) in [6, 6.07) is 11.5. The van der Waals surface area contributed by atoms with Gasteiger partial charge in [0.15, 0.2) is 5.82 Å². The van der Waals surface area contributed by atoms with Gasteiger partial charge in [0.1, 0.15) is 10.7 Å². The number of rotatable bonds is 6. The van der Waals surface area contributed by atoms with Gasteiger partial charge in [-0.15, -0.1) is 0 Å². The molecule has 0 aliphatic carbocycles. The molecule has 4 aromatic rings. The van der Waals surface area contributed by atoms with E-state index in [9.17, 15) is 9.18 Å². The van der Waals surface area contributed by atoms with Gasteiger partial charge in [0.05, 0.1) is 18.2 Å². The fraction of sp³-hybridized carbons (Fsp3) is 0.105. The van der Waals surface area contributed by atoms with E-state index < -0.39 is 5.91 Å². The minimum absolute atomic E-state index is 0.115. The summed E-state index contributed by atoms with van der Waals surface area (Å²) in [5.41, 5.74) is 6.99. The van der Waals surface area contributed by atoms with E-state index in [1.54, 1.807) is 24.3 Å². The normalized spacial score (nSPS) is 10.8. The second-order valence-electron chi connectivity index (χ2n) is 6.03. The second-order valence-corrected chi connectivity index (χ2v) is 6.80. The van der Waals surface area contributed by atoms with Crippen LogP contribution >= 0.6 is 11.5 Å². The Kier molecular flexibility index (Phi) is 5.00. The minimum Gasteiger partial charge on any atom is -0.467 e. The smallest absolute Gasteiger partial charge is 0.321 e. The molecule has 0 fully saturated rings. The molecule has 2 heterocycles. The largest absolute Gasteiger partial charge is 0.467 e. The van der Waals surface area contributed by atoms with Crippen LogP contribution in [0.3, 0.4) is 0 Å². The van der Waals surface area contributed by atoms with Crippen molar-refractivity contribution in [1.29, 1.82) is 0 Å². The highest BCUT2D eigenvalue weighted by molar-refractivity contribution is 7.11. The number of nitrogens with two attached hydrogens (primary N) is 1. The first-order valence-electron chi connectivity index (χ1n) is 8.52. The Labute approximate surface area is 168 Å². The van der Waals surface area contributed by atoms with Gasteiger partial charge in [-0.05, 0) is 35.3 Å². The Bertz CT molecular complexity index is 1210. The molecule has 0 saturated carbocycles. The van der Waals surface area contributed by atoms with Gasteiger partial charge in [-0.3, -0.25) is 4.79 Å². The summed E-state index contributed by atoms with van der Waals surface area (Å²) in [5.74, 6) is -0.269. The molecule has 0 aliphatic heterocycles. The Morgan fingerprint density at radius 2 is 2.03 bits per heavy atom. The number of benzene rings is 2. The average molecular weight is 410 g/mol. The standard InChI is InChI=1S/C19H15FN6O2S/c1-28-19-24-17(15-12-6-3-7-13(16(21)27)14(12)26-29-15)23-18(25-19)22-9-10-4-2-5-11(20)8-10/h2-8H,9H2,1H3,(H2,21,27)(H,22,23,24,25). The Morgan fingerprint density at radius 1 is 1.21 bits per heavy atom. The van der Waals surface area contributed by atoms with Crippen LogP contribution < -0.4 is 15.8 Å². The zero-order valence-electron chi connectivity index (χ0n) is 15.2. The molecule has 0 atom stereocenters. The molecule has 29 heavy (non-hydrogen) atoms. The molecule has 10 heteroatoms. The average Bonchev–Trinajstić information content (AvgIpc) is 3.16. The van der Waals surface area contributed by atoms with Crippen molar-refractivity contribution in [3.05, 3.63) is 59.4 Å². The minimum atomic E-state index is -0.557. The Balaban J connectivity index is 1.71. The molecule has 2 aromatic heterocycles. The maximum absolute atomic E-state index is 13.4. The summed E-state index contributed by atoms with van der Waals surface area (Å²) in [6.07, 6.45) is 0. The summed E-state index contributed by atoms with van der Waals surface area (Å²) in [6.45, 7) is 0.319. The molecule has 0 radical (unpaired) electrons. The highest BCUT2D eigenvalue weighted by atomic mass is 32.1. The molecule has 2 aromatic carbocycles. The van der Waals surface area contributed by atoms with Crippen LogP contribution in [-0.4, -0.2) is 32.3 Å². The second kappa shape index (κ2) is 7.76. The Hall–Kier alpha value is -3.66. The molecule has 0 aliphatic rings. The lowest BCUT2D eigenvalue weighted by Gasteiger charge is -2.08. The number of aromatic nitrogens is 4. The molecule has 0 unspecified atom stereocenters. The van der Waals surface area contributed by atoms with E-state index in [1.807, 2.05) is 6.07 Å². The molecule has 0 bridgehead atoms. The third kappa shape index (κ3) is 3.83. The van der Waals surface area contributed by atoms with Crippen molar-refractivity contribution >= 4 is 34.3 Å². The van der Waals surface area contributed by atoms with Gasteiger partial charge in [0.25, 0.3) is 5.91 Å². The third-order valence-corrected chi connectivity index (χ3v) is 4.97. The highest BCUT2D eigenvalue weighted by Crippen LogP contribution is 2.33. The van der Waals surface area contributed by atoms with Gasteiger partial charge in [0.2, 0.25) is 5.95 Å². The first-order chi connectivity index (χ1) is 14.0. The molecule has 8 nitrogen and oxygen atoms in total. The molecular weight excluding hydrogens is 395 g/mol. The molecule has 1 amide bonds. The number of hydrogen-bond acceptors (Lipinski definition) is 8. The lowest BCUT2D eigenvalue weighted by molar-refractivity contribution is 0.100. The zero-order valence-corrected chi connectivity index (χ0v) is 16.0. The SMILES string of the molecule is COc1nc(NCc2cccc(F)c2)nc(-c2snc3c(C(N)=O)cccc23)n1. The van der Waals surface area contributed by atoms with E-state index in [0.29, 0.717) is 33.7 Å². The van der Waals surface area contributed by atoms with Crippen molar-refractivity contribution in [2.45, 2.75) is 6.54 Å². The molecule has 3 N–H and O–H groups in total. The van der Waals surface area contributed by atoms with E-state index in [0.717, 1.165) is 17.1 Å². The summed E-state index contributed by atoms with van der Waals surface area (Å²) >= 11 is 1.15. The lowest BCUT2D eigenvalue weighted by atomic mass is 10.1. The zero-order chi connectivity index (χ0) is 20.4. The van der Waals surface area contributed by atoms with Crippen molar-refractivity contribution in [3.63, 3.8) is 0 Å². The van der Waals surface area contributed by atoms with E-state index in [4.69, 9.17) is 10.5 Å². The first-order valence-corrected chi connectivity index (χ1v) is 9.29. The number of halogens is 1. The van der Waals surface area contributed by atoms with Crippen molar-refractivity contribution < 1.29 is 13.9 Å². The predicted octanol–water partition coefficient (Wildman–Crippen LogP) is 3.01. The number of ether oxygens (including phenoxy) is 1.